The van der Waals surface area contributed by atoms with E-state index in [1.807, 2.05) is 12.3 Å². The first-order chi connectivity index (χ1) is 19.7. The second-order valence-corrected chi connectivity index (χ2v) is 11.0. The average molecular weight is 588 g/mol. The van der Waals surface area contributed by atoms with Gasteiger partial charge in [0.1, 0.15) is 5.70 Å². The van der Waals surface area contributed by atoms with E-state index < -0.39 is 22.0 Å². The molecule has 3 amide bonds. The van der Waals surface area contributed by atoms with Crippen LogP contribution in [0.4, 0.5) is 16.5 Å². The van der Waals surface area contributed by atoms with Gasteiger partial charge in [0.05, 0.1) is 21.4 Å². The highest BCUT2D eigenvalue weighted by atomic mass is 32.2. The molecule has 0 spiro atoms. The molecular formula is C29H25N5O5S2. The van der Waals surface area contributed by atoms with E-state index >= 15 is 0 Å². The van der Waals surface area contributed by atoms with Crippen LogP contribution >= 0.6 is 23.1 Å². The topological polar surface area (TPSA) is 143 Å². The highest BCUT2D eigenvalue weighted by Gasteiger charge is 2.19. The number of carbonyl (C=O) groups excluding carboxylic acids is 3. The summed E-state index contributed by atoms with van der Waals surface area (Å²) in [6.07, 6.45) is 1.27. The Balaban J connectivity index is 1.48. The molecule has 0 aliphatic carbocycles. The third-order valence-electron chi connectivity index (χ3n) is 5.61. The van der Waals surface area contributed by atoms with Crippen LogP contribution in [0.2, 0.25) is 0 Å². The maximum atomic E-state index is 13.3. The van der Waals surface area contributed by atoms with Crippen molar-refractivity contribution in [3.63, 3.8) is 0 Å². The SMILES string of the molecule is Cc1csc(NC(=O)C(C)Sc2ccc(NC(=O)/C(=C/c3ccccc3[N+](=O)[O-])NC(=O)c3ccccc3)cc2)n1. The fraction of sp³-hybridized carbons (Fsp3) is 0.103. The van der Waals surface area contributed by atoms with Gasteiger partial charge in [0.2, 0.25) is 5.91 Å². The van der Waals surface area contributed by atoms with E-state index in [2.05, 4.69) is 20.9 Å². The minimum Gasteiger partial charge on any atom is -0.321 e. The van der Waals surface area contributed by atoms with Gasteiger partial charge >= 0.3 is 0 Å². The summed E-state index contributed by atoms with van der Waals surface area (Å²) in [7, 11) is 0. The van der Waals surface area contributed by atoms with Crippen molar-refractivity contribution in [2.45, 2.75) is 24.0 Å². The smallest absolute Gasteiger partial charge is 0.276 e. The molecule has 4 aromatic rings. The van der Waals surface area contributed by atoms with Crippen LogP contribution < -0.4 is 16.0 Å². The molecule has 12 heteroatoms. The van der Waals surface area contributed by atoms with Crippen LogP contribution in [0.25, 0.3) is 6.08 Å². The number of nitrogens with one attached hydrogen (secondary N) is 3. The molecule has 0 saturated heterocycles. The lowest BCUT2D eigenvalue weighted by Gasteiger charge is -2.13. The fourth-order valence-electron chi connectivity index (χ4n) is 3.57. The highest BCUT2D eigenvalue weighted by molar-refractivity contribution is 8.00. The Labute approximate surface area is 244 Å². The van der Waals surface area contributed by atoms with Crippen LogP contribution in [-0.4, -0.2) is 32.9 Å². The van der Waals surface area contributed by atoms with Gasteiger partial charge in [-0.3, -0.25) is 24.5 Å². The van der Waals surface area contributed by atoms with Gasteiger partial charge in [0.25, 0.3) is 17.5 Å². The van der Waals surface area contributed by atoms with Crippen LogP contribution in [0.3, 0.4) is 0 Å². The van der Waals surface area contributed by atoms with E-state index in [0.717, 1.165) is 10.6 Å². The zero-order valence-corrected chi connectivity index (χ0v) is 23.6. The van der Waals surface area contributed by atoms with Crippen molar-refractivity contribution < 1.29 is 19.3 Å². The van der Waals surface area contributed by atoms with Crippen molar-refractivity contribution in [1.82, 2.24) is 10.3 Å². The second-order valence-electron chi connectivity index (χ2n) is 8.72. The van der Waals surface area contributed by atoms with Gasteiger partial charge < -0.3 is 16.0 Å². The Morgan fingerprint density at radius 2 is 1.66 bits per heavy atom. The summed E-state index contributed by atoms with van der Waals surface area (Å²) in [4.78, 5) is 54.6. The lowest BCUT2D eigenvalue weighted by atomic mass is 10.1. The summed E-state index contributed by atoms with van der Waals surface area (Å²) in [5.74, 6) is -1.39. The average Bonchev–Trinajstić information content (AvgIpc) is 3.38. The summed E-state index contributed by atoms with van der Waals surface area (Å²) >= 11 is 2.70. The molecule has 1 heterocycles. The number of hydrogen-bond donors (Lipinski definition) is 3. The van der Waals surface area contributed by atoms with Crippen LogP contribution in [0.15, 0.2) is 94.8 Å². The third-order valence-corrected chi connectivity index (χ3v) is 7.59. The van der Waals surface area contributed by atoms with Crippen molar-refractivity contribution in [3.05, 3.63) is 117 Å². The second kappa shape index (κ2) is 13.5. The highest BCUT2D eigenvalue weighted by Crippen LogP contribution is 2.27. The predicted octanol–water partition coefficient (Wildman–Crippen LogP) is 5.89. The zero-order valence-electron chi connectivity index (χ0n) is 22.0. The van der Waals surface area contributed by atoms with Gasteiger partial charge in [0.15, 0.2) is 5.13 Å². The number of para-hydroxylation sites is 1. The minimum atomic E-state index is -0.667. The zero-order chi connectivity index (χ0) is 29.4. The van der Waals surface area contributed by atoms with Gasteiger partial charge in [-0.15, -0.1) is 23.1 Å². The molecule has 10 nitrogen and oxygen atoms in total. The number of aromatic nitrogens is 1. The first-order valence-electron chi connectivity index (χ1n) is 12.3. The van der Waals surface area contributed by atoms with Gasteiger partial charge in [-0.1, -0.05) is 30.3 Å². The van der Waals surface area contributed by atoms with E-state index in [1.165, 1.54) is 47.4 Å². The Kier molecular flexibility index (Phi) is 9.61. The monoisotopic (exact) mass is 587 g/mol. The molecule has 41 heavy (non-hydrogen) atoms. The molecular weight excluding hydrogens is 562 g/mol. The molecule has 0 aliphatic heterocycles. The van der Waals surface area contributed by atoms with Gasteiger partial charge in [-0.05, 0) is 62.4 Å². The number of thioether (sulfide) groups is 1. The number of anilines is 2. The van der Waals surface area contributed by atoms with E-state index in [4.69, 9.17) is 0 Å². The van der Waals surface area contributed by atoms with E-state index in [-0.39, 0.29) is 22.9 Å². The first-order valence-corrected chi connectivity index (χ1v) is 14.1. The third kappa shape index (κ3) is 8.10. The maximum Gasteiger partial charge on any atom is 0.276 e. The maximum absolute atomic E-state index is 13.3. The number of benzene rings is 3. The number of rotatable bonds is 10. The van der Waals surface area contributed by atoms with Crippen molar-refractivity contribution in [2.24, 2.45) is 0 Å². The number of nitro groups is 1. The van der Waals surface area contributed by atoms with Crippen molar-refractivity contribution in [3.8, 4) is 0 Å². The molecule has 0 saturated carbocycles. The number of hydrogen-bond acceptors (Lipinski definition) is 8. The molecule has 0 aliphatic rings. The molecule has 1 atom stereocenters. The molecule has 208 valence electrons. The van der Waals surface area contributed by atoms with E-state index in [9.17, 15) is 24.5 Å². The minimum absolute atomic E-state index is 0.155. The molecule has 3 aromatic carbocycles. The lowest BCUT2D eigenvalue weighted by Crippen LogP contribution is -2.30. The summed E-state index contributed by atoms with van der Waals surface area (Å²) in [5.41, 5.74) is 1.35. The normalized spacial score (nSPS) is 11.8. The van der Waals surface area contributed by atoms with Crippen LogP contribution in [0.1, 0.15) is 28.5 Å². The standard InChI is InChI=1S/C29H25N5O5S2/c1-18-17-40-29(30-18)33-26(35)19(2)41-23-14-12-22(13-15-23)31-28(37)24(32-27(36)20-8-4-3-5-9-20)16-21-10-6-7-11-25(21)34(38)39/h3-17,19H,1-2H3,(H,31,37)(H,32,36)(H,30,33,35)/b24-16-. The molecule has 1 unspecified atom stereocenters. The quantitative estimate of drug-likeness (QED) is 0.0909. The molecule has 3 N–H and O–H groups in total. The number of nitrogens with zero attached hydrogens (tertiary/aromatic N) is 2. The number of thiazole rings is 1. The molecule has 0 fully saturated rings. The Morgan fingerprint density at radius 3 is 2.32 bits per heavy atom. The number of carbonyl (C=O) groups is 3. The van der Waals surface area contributed by atoms with Gasteiger partial charge in [0, 0.05) is 27.6 Å². The number of nitro benzene ring substituents is 1. The molecule has 0 bridgehead atoms. The summed E-state index contributed by atoms with van der Waals surface area (Å²) in [5, 5.41) is 21.6. The van der Waals surface area contributed by atoms with Crippen LogP contribution in [0.5, 0.6) is 0 Å². The Hall–Kier alpha value is -4.81. The Bertz CT molecular complexity index is 1600. The van der Waals surface area contributed by atoms with E-state index in [0.29, 0.717) is 16.4 Å². The number of aryl methyl sites for hydroxylation is 1. The summed E-state index contributed by atoms with van der Waals surface area (Å²) in [6, 6.07) is 21.1. The predicted molar refractivity (Wildman–Crippen MR) is 161 cm³/mol. The molecule has 4 rings (SSSR count). The number of amides is 3. The van der Waals surface area contributed by atoms with E-state index in [1.54, 1.807) is 67.6 Å². The van der Waals surface area contributed by atoms with Gasteiger partial charge in [-0.25, -0.2) is 4.98 Å². The molecule has 1 aromatic heterocycles. The lowest BCUT2D eigenvalue weighted by molar-refractivity contribution is -0.385. The fourth-order valence-corrected chi connectivity index (χ4v) is 5.12. The van der Waals surface area contributed by atoms with Crippen LogP contribution in [-0.2, 0) is 9.59 Å². The van der Waals surface area contributed by atoms with Crippen molar-refractivity contribution >= 4 is 63.4 Å². The first kappa shape index (κ1) is 29.2. The molecule has 0 radical (unpaired) electrons. The summed E-state index contributed by atoms with van der Waals surface area (Å²) < 4.78 is 0. The van der Waals surface area contributed by atoms with Crippen LogP contribution in [0, 0.1) is 17.0 Å². The Morgan fingerprint density at radius 1 is 0.976 bits per heavy atom. The van der Waals surface area contributed by atoms with Crippen molar-refractivity contribution in [2.75, 3.05) is 10.6 Å². The van der Waals surface area contributed by atoms with Crippen molar-refractivity contribution in [1.29, 1.82) is 0 Å². The van der Waals surface area contributed by atoms with Gasteiger partial charge in [-0.2, -0.15) is 0 Å². The largest absolute Gasteiger partial charge is 0.321 e. The summed E-state index contributed by atoms with van der Waals surface area (Å²) in [6.45, 7) is 3.64.